The minimum absolute atomic E-state index is 0.0500. The lowest BCUT2D eigenvalue weighted by Crippen LogP contribution is -2.03. The fourth-order valence-corrected chi connectivity index (χ4v) is 0.878. The Kier molecular flexibility index (Phi) is 2.11. The first-order chi connectivity index (χ1) is 5.65. The molecule has 0 fully saturated rings. The van der Waals surface area contributed by atoms with Crippen LogP contribution in [0.25, 0.3) is 0 Å². The van der Waals surface area contributed by atoms with Crippen molar-refractivity contribution in [1.29, 1.82) is 0 Å². The van der Waals surface area contributed by atoms with Crippen LogP contribution in [0.2, 0.25) is 0 Å². The molecular formula is C9H7NO2. The van der Waals surface area contributed by atoms with E-state index in [1.807, 2.05) is 0 Å². The van der Waals surface area contributed by atoms with Crippen molar-refractivity contribution in [3.8, 4) is 12.3 Å². The highest BCUT2D eigenvalue weighted by atomic mass is 16.4. The molecular weight excluding hydrogens is 154 g/mol. The molecule has 60 valence electrons. The average molecular weight is 161 g/mol. The molecule has 0 radical (unpaired) electrons. The predicted octanol–water partition coefficient (Wildman–Crippen LogP) is 1.07. The normalized spacial score (nSPS) is 9.00. The molecule has 0 saturated carbocycles. The van der Waals surface area contributed by atoms with E-state index in [1.165, 1.54) is 6.20 Å². The number of aromatic nitrogens is 1. The number of pyridine rings is 1. The number of hydrogen-bond donors (Lipinski definition) is 1. The Morgan fingerprint density at radius 3 is 2.83 bits per heavy atom. The number of hydrogen-bond acceptors (Lipinski definition) is 2. The summed E-state index contributed by atoms with van der Waals surface area (Å²) >= 11 is 0. The second-order valence-electron chi connectivity index (χ2n) is 2.34. The van der Waals surface area contributed by atoms with Gasteiger partial charge in [-0.25, -0.2) is 9.78 Å². The number of nitrogens with zero attached hydrogens (tertiary/aromatic N) is 1. The summed E-state index contributed by atoms with van der Waals surface area (Å²) < 4.78 is 0. The first kappa shape index (κ1) is 8.28. The summed E-state index contributed by atoms with van der Waals surface area (Å²) in [4.78, 5) is 14.2. The summed E-state index contributed by atoms with van der Waals surface area (Å²) in [6.07, 6.45) is 6.48. The Morgan fingerprint density at radius 2 is 2.42 bits per heavy atom. The molecule has 0 aliphatic heterocycles. The summed E-state index contributed by atoms with van der Waals surface area (Å²) in [5.41, 5.74) is 1.23. The van der Waals surface area contributed by atoms with E-state index in [4.69, 9.17) is 11.5 Å². The largest absolute Gasteiger partial charge is 0.477 e. The number of terminal acetylenes is 1. The summed E-state index contributed by atoms with van der Waals surface area (Å²) in [5.74, 6) is 1.35. The van der Waals surface area contributed by atoms with Crippen LogP contribution >= 0.6 is 0 Å². The standard InChI is InChI=1S/C9H7NO2/c1-3-7-4-6(2)8(9(11)12)10-5-7/h1,4-5H,2H3,(H,11,12). The molecule has 0 spiro atoms. The van der Waals surface area contributed by atoms with Crippen LogP contribution in [-0.2, 0) is 0 Å². The molecule has 0 atom stereocenters. The van der Waals surface area contributed by atoms with E-state index in [0.717, 1.165) is 0 Å². The van der Waals surface area contributed by atoms with E-state index in [9.17, 15) is 4.79 Å². The van der Waals surface area contributed by atoms with Gasteiger partial charge in [-0.1, -0.05) is 5.92 Å². The molecule has 0 aromatic carbocycles. The first-order valence-electron chi connectivity index (χ1n) is 3.31. The van der Waals surface area contributed by atoms with Crippen molar-refractivity contribution >= 4 is 5.97 Å². The Hall–Kier alpha value is -1.82. The number of carboxylic acid groups (broad SMARTS) is 1. The van der Waals surface area contributed by atoms with Crippen molar-refractivity contribution in [2.45, 2.75) is 6.92 Å². The van der Waals surface area contributed by atoms with Gasteiger partial charge < -0.3 is 5.11 Å². The van der Waals surface area contributed by atoms with Crippen molar-refractivity contribution in [3.63, 3.8) is 0 Å². The Bertz CT molecular complexity index is 363. The first-order valence-corrected chi connectivity index (χ1v) is 3.31. The monoisotopic (exact) mass is 161 g/mol. The highest BCUT2D eigenvalue weighted by Crippen LogP contribution is 2.06. The van der Waals surface area contributed by atoms with Crippen molar-refractivity contribution in [3.05, 3.63) is 29.1 Å². The number of carboxylic acids is 1. The zero-order valence-electron chi connectivity index (χ0n) is 6.53. The summed E-state index contributed by atoms with van der Waals surface area (Å²) in [7, 11) is 0. The van der Waals surface area contributed by atoms with E-state index in [0.29, 0.717) is 11.1 Å². The molecule has 0 amide bonds. The summed E-state index contributed by atoms with van der Waals surface area (Å²) in [6, 6.07) is 1.62. The quantitative estimate of drug-likeness (QED) is 0.627. The van der Waals surface area contributed by atoms with Gasteiger partial charge in [0.1, 0.15) is 0 Å². The van der Waals surface area contributed by atoms with Gasteiger partial charge in [0.25, 0.3) is 0 Å². The maximum absolute atomic E-state index is 10.5. The highest BCUT2D eigenvalue weighted by molar-refractivity contribution is 5.87. The third kappa shape index (κ3) is 1.43. The van der Waals surface area contributed by atoms with Crippen molar-refractivity contribution in [1.82, 2.24) is 4.98 Å². The maximum atomic E-state index is 10.5. The van der Waals surface area contributed by atoms with Crippen LogP contribution in [0.3, 0.4) is 0 Å². The fraction of sp³-hybridized carbons (Fsp3) is 0.111. The predicted molar refractivity (Wildman–Crippen MR) is 43.9 cm³/mol. The van der Waals surface area contributed by atoms with Crippen molar-refractivity contribution < 1.29 is 9.90 Å². The molecule has 3 nitrogen and oxygen atoms in total. The average Bonchev–Trinajstić information content (AvgIpc) is 2.03. The Labute approximate surface area is 70.1 Å². The zero-order valence-corrected chi connectivity index (χ0v) is 6.53. The van der Waals surface area contributed by atoms with Gasteiger partial charge in [-0.15, -0.1) is 6.42 Å². The number of rotatable bonds is 1. The molecule has 0 saturated heterocycles. The van der Waals surface area contributed by atoms with E-state index in [2.05, 4.69) is 10.9 Å². The van der Waals surface area contributed by atoms with Gasteiger partial charge in [-0.2, -0.15) is 0 Å². The van der Waals surface area contributed by atoms with Crippen molar-refractivity contribution in [2.75, 3.05) is 0 Å². The zero-order chi connectivity index (χ0) is 9.14. The van der Waals surface area contributed by atoms with Gasteiger partial charge in [-0.3, -0.25) is 0 Å². The van der Waals surface area contributed by atoms with Gasteiger partial charge in [0.2, 0.25) is 0 Å². The molecule has 0 unspecified atom stereocenters. The molecule has 1 aromatic rings. The van der Waals surface area contributed by atoms with Crippen LogP contribution in [0.15, 0.2) is 12.3 Å². The highest BCUT2D eigenvalue weighted by Gasteiger charge is 2.07. The smallest absolute Gasteiger partial charge is 0.354 e. The van der Waals surface area contributed by atoms with Gasteiger partial charge in [0, 0.05) is 11.8 Å². The van der Waals surface area contributed by atoms with Crippen molar-refractivity contribution in [2.24, 2.45) is 0 Å². The van der Waals surface area contributed by atoms with Crippen LogP contribution in [0, 0.1) is 19.3 Å². The topological polar surface area (TPSA) is 50.2 Å². The minimum Gasteiger partial charge on any atom is -0.477 e. The molecule has 12 heavy (non-hydrogen) atoms. The molecule has 3 heteroatoms. The Balaban J connectivity index is 3.23. The number of carbonyl (C=O) groups is 1. The molecule has 1 N–H and O–H groups in total. The maximum Gasteiger partial charge on any atom is 0.354 e. The molecule has 1 rings (SSSR count). The summed E-state index contributed by atoms with van der Waals surface area (Å²) in [5, 5.41) is 8.62. The van der Waals surface area contributed by atoms with Gasteiger partial charge >= 0.3 is 5.97 Å². The lowest BCUT2D eigenvalue weighted by Gasteiger charge is -1.98. The van der Waals surface area contributed by atoms with Crippen LogP contribution in [-0.4, -0.2) is 16.1 Å². The fourth-order valence-electron chi connectivity index (χ4n) is 0.878. The van der Waals surface area contributed by atoms with Crippen LogP contribution in [0.5, 0.6) is 0 Å². The van der Waals surface area contributed by atoms with Gasteiger partial charge in [0.15, 0.2) is 5.69 Å². The Morgan fingerprint density at radius 1 is 1.75 bits per heavy atom. The lowest BCUT2D eigenvalue weighted by molar-refractivity contribution is 0.0689. The number of aromatic carboxylic acids is 1. The van der Waals surface area contributed by atoms with E-state index >= 15 is 0 Å². The van der Waals surface area contributed by atoms with Crippen LogP contribution < -0.4 is 0 Å². The molecule has 0 aliphatic carbocycles. The molecule has 1 aromatic heterocycles. The van der Waals surface area contributed by atoms with Gasteiger partial charge in [-0.05, 0) is 18.6 Å². The van der Waals surface area contributed by atoms with Crippen LogP contribution in [0.4, 0.5) is 0 Å². The SMILES string of the molecule is C#Cc1cnc(C(=O)O)c(C)c1. The van der Waals surface area contributed by atoms with Crippen LogP contribution in [0.1, 0.15) is 21.6 Å². The second-order valence-corrected chi connectivity index (χ2v) is 2.34. The third-order valence-corrected chi connectivity index (χ3v) is 1.45. The lowest BCUT2D eigenvalue weighted by atomic mass is 10.1. The second kappa shape index (κ2) is 3.05. The van der Waals surface area contributed by atoms with E-state index < -0.39 is 5.97 Å². The molecule has 1 heterocycles. The van der Waals surface area contributed by atoms with E-state index in [1.54, 1.807) is 13.0 Å². The third-order valence-electron chi connectivity index (χ3n) is 1.45. The molecule has 0 aliphatic rings. The van der Waals surface area contributed by atoms with Gasteiger partial charge in [0.05, 0.1) is 0 Å². The molecule has 0 bridgehead atoms. The summed E-state index contributed by atoms with van der Waals surface area (Å²) in [6.45, 7) is 1.66. The van der Waals surface area contributed by atoms with E-state index in [-0.39, 0.29) is 5.69 Å². The number of aryl methyl sites for hydroxylation is 1. The minimum atomic E-state index is -1.03.